The molecule has 0 atom stereocenters. The summed E-state index contributed by atoms with van der Waals surface area (Å²) in [7, 11) is 0. The summed E-state index contributed by atoms with van der Waals surface area (Å²) in [5, 5.41) is 0. The Labute approximate surface area is 73.1 Å². The number of alkyl halides is 3. The third-order valence-corrected chi connectivity index (χ3v) is 1.42. The summed E-state index contributed by atoms with van der Waals surface area (Å²) in [6.45, 7) is 4.88. The van der Waals surface area contributed by atoms with Gasteiger partial charge in [0, 0.05) is 6.20 Å². The van der Waals surface area contributed by atoms with E-state index >= 15 is 0 Å². The first kappa shape index (κ1) is 9.70. The zero-order chi connectivity index (χ0) is 10.1. The lowest BCUT2D eigenvalue weighted by atomic mass is 10.1. The maximum Gasteiger partial charge on any atom is 0.419 e. The van der Waals surface area contributed by atoms with Gasteiger partial charge in [0.05, 0.1) is 11.3 Å². The van der Waals surface area contributed by atoms with Crippen molar-refractivity contribution < 1.29 is 13.2 Å². The summed E-state index contributed by atoms with van der Waals surface area (Å²) in [5.74, 6) is 0. The molecule has 0 radical (unpaired) electrons. The minimum Gasteiger partial charge on any atom is -0.244 e. The van der Waals surface area contributed by atoms with E-state index in [4.69, 9.17) is 0 Å². The highest BCUT2D eigenvalue weighted by Gasteiger charge is 2.34. The van der Waals surface area contributed by atoms with Gasteiger partial charge < -0.3 is 0 Å². The van der Waals surface area contributed by atoms with Gasteiger partial charge in [-0.25, -0.2) is 9.97 Å². The van der Waals surface area contributed by atoms with Crippen LogP contribution in [0.4, 0.5) is 13.2 Å². The Bertz CT molecular complexity index is 330. The van der Waals surface area contributed by atoms with E-state index in [1.54, 1.807) is 0 Å². The molecule has 0 saturated heterocycles. The lowest BCUT2D eigenvalue weighted by molar-refractivity contribution is -0.138. The SMILES string of the molecule is C=C(C)c1ncncc1C(F)(F)F. The number of rotatable bonds is 1. The molecule has 0 saturated carbocycles. The number of allylic oxidation sites excluding steroid dienone is 1. The fourth-order valence-electron chi connectivity index (χ4n) is 0.877. The average Bonchev–Trinajstić information content (AvgIpc) is 2.03. The normalized spacial score (nSPS) is 11.4. The number of halogens is 3. The summed E-state index contributed by atoms with van der Waals surface area (Å²) in [6, 6.07) is 0. The molecular weight excluding hydrogens is 181 g/mol. The van der Waals surface area contributed by atoms with E-state index < -0.39 is 11.7 Å². The summed E-state index contributed by atoms with van der Waals surface area (Å²) in [6.07, 6.45) is -2.61. The van der Waals surface area contributed by atoms with Crippen molar-refractivity contribution in [3.05, 3.63) is 30.4 Å². The van der Waals surface area contributed by atoms with E-state index in [9.17, 15) is 13.2 Å². The maximum atomic E-state index is 12.3. The number of nitrogens with zero attached hydrogens (tertiary/aromatic N) is 2. The molecular formula is C8H7F3N2. The van der Waals surface area contributed by atoms with Crippen molar-refractivity contribution in [1.82, 2.24) is 9.97 Å². The lowest BCUT2D eigenvalue weighted by Crippen LogP contribution is -2.10. The van der Waals surface area contributed by atoms with Crippen molar-refractivity contribution in [3.63, 3.8) is 0 Å². The number of hydrogen-bond acceptors (Lipinski definition) is 2. The highest BCUT2D eigenvalue weighted by molar-refractivity contribution is 5.60. The second kappa shape index (κ2) is 3.16. The van der Waals surface area contributed by atoms with Gasteiger partial charge in [0.25, 0.3) is 0 Å². The molecule has 13 heavy (non-hydrogen) atoms. The first-order valence-electron chi connectivity index (χ1n) is 3.46. The highest BCUT2D eigenvalue weighted by atomic mass is 19.4. The zero-order valence-corrected chi connectivity index (χ0v) is 6.89. The molecule has 0 amide bonds. The molecule has 1 aromatic heterocycles. The predicted octanol–water partition coefficient (Wildman–Crippen LogP) is 2.53. The van der Waals surface area contributed by atoms with E-state index in [1.165, 1.54) is 6.92 Å². The summed E-state index contributed by atoms with van der Waals surface area (Å²) in [4.78, 5) is 6.84. The molecule has 1 aromatic rings. The quantitative estimate of drug-likeness (QED) is 0.676. The Kier molecular flexibility index (Phi) is 2.36. The van der Waals surface area contributed by atoms with Crippen LogP contribution in [-0.4, -0.2) is 9.97 Å². The van der Waals surface area contributed by atoms with E-state index in [-0.39, 0.29) is 11.3 Å². The Morgan fingerprint density at radius 3 is 2.46 bits per heavy atom. The molecule has 70 valence electrons. The molecule has 0 aliphatic rings. The third kappa shape index (κ3) is 2.05. The van der Waals surface area contributed by atoms with Gasteiger partial charge in [0.15, 0.2) is 0 Å². The minimum atomic E-state index is -4.42. The van der Waals surface area contributed by atoms with Gasteiger partial charge in [-0.15, -0.1) is 0 Å². The smallest absolute Gasteiger partial charge is 0.244 e. The molecule has 1 heterocycles. The largest absolute Gasteiger partial charge is 0.419 e. The average molecular weight is 188 g/mol. The molecule has 5 heteroatoms. The summed E-state index contributed by atoms with van der Waals surface area (Å²) in [5.41, 5.74) is -0.722. The predicted molar refractivity (Wildman–Crippen MR) is 41.7 cm³/mol. The van der Waals surface area contributed by atoms with Crippen LogP contribution in [0.5, 0.6) is 0 Å². The number of aromatic nitrogens is 2. The lowest BCUT2D eigenvalue weighted by Gasteiger charge is -2.09. The number of hydrogen-bond donors (Lipinski definition) is 0. The van der Waals surface area contributed by atoms with Crippen LogP contribution in [0.1, 0.15) is 18.2 Å². The Morgan fingerprint density at radius 2 is 2.08 bits per heavy atom. The standard InChI is InChI=1S/C8H7F3N2/c1-5(2)7-6(8(9,10)11)3-12-4-13-7/h3-4H,1H2,2H3. The third-order valence-electron chi connectivity index (χ3n) is 1.42. The van der Waals surface area contributed by atoms with Gasteiger partial charge in [-0.3, -0.25) is 0 Å². The first-order chi connectivity index (χ1) is 5.93. The molecule has 0 fully saturated rings. The van der Waals surface area contributed by atoms with E-state index in [2.05, 4.69) is 16.5 Å². The van der Waals surface area contributed by atoms with Crippen molar-refractivity contribution in [2.75, 3.05) is 0 Å². The molecule has 1 rings (SSSR count). The molecule has 0 bridgehead atoms. The van der Waals surface area contributed by atoms with Gasteiger partial charge in [0.1, 0.15) is 6.33 Å². The van der Waals surface area contributed by atoms with Crippen LogP contribution in [0.15, 0.2) is 19.1 Å². The van der Waals surface area contributed by atoms with Gasteiger partial charge in [-0.1, -0.05) is 6.58 Å². The van der Waals surface area contributed by atoms with Gasteiger partial charge in [0.2, 0.25) is 0 Å². The first-order valence-corrected chi connectivity index (χ1v) is 3.46. The molecule has 0 aliphatic heterocycles. The molecule has 0 N–H and O–H groups in total. The van der Waals surface area contributed by atoms with Crippen LogP contribution in [-0.2, 0) is 6.18 Å². The molecule has 2 nitrogen and oxygen atoms in total. The fourth-order valence-corrected chi connectivity index (χ4v) is 0.877. The van der Waals surface area contributed by atoms with Crippen LogP contribution in [0, 0.1) is 0 Å². The fraction of sp³-hybridized carbons (Fsp3) is 0.250. The van der Waals surface area contributed by atoms with Crippen LogP contribution in [0.2, 0.25) is 0 Å². The highest BCUT2D eigenvalue weighted by Crippen LogP contribution is 2.32. The van der Waals surface area contributed by atoms with E-state index in [0.29, 0.717) is 0 Å². The Hall–Kier alpha value is -1.39. The van der Waals surface area contributed by atoms with Crippen LogP contribution in [0.3, 0.4) is 0 Å². The second-order valence-corrected chi connectivity index (χ2v) is 2.56. The minimum absolute atomic E-state index is 0.150. The van der Waals surface area contributed by atoms with Crippen molar-refractivity contribution in [2.24, 2.45) is 0 Å². The van der Waals surface area contributed by atoms with Crippen molar-refractivity contribution in [3.8, 4) is 0 Å². The van der Waals surface area contributed by atoms with Crippen molar-refractivity contribution >= 4 is 5.57 Å². The van der Waals surface area contributed by atoms with E-state index in [0.717, 1.165) is 12.5 Å². The van der Waals surface area contributed by atoms with Gasteiger partial charge in [-0.05, 0) is 12.5 Å². The molecule has 0 unspecified atom stereocenters. The van der Waals surface area contributed by atoms with Gasteiger partial charge in [-0.2, -0.15) is 13.2 Å². The van der Waals surface area contributed by atoms with Crippen molar-refractivity contribution in [2.45, 2.75) is 13.1 Å². The Morgan fingerprint density at radius 1 is 1.46 bits per heavy atom. The summed E-state index contributed by atoms with van der Waals surface area (Å²) < 4.78 is 36.9. The van der Waals surface area contributed by atoms with Crippen LogP contribution < -0.4 is 0 Å². The second-order valence-electron chi connectivity index (χ2n) is 2.56. The monoisotopic (exact) mass is 188 g/mol. The van der Waals surface area contributed by atoms with Crippen molar-refractivity contribution in [1.29, 1.82) is 0 Å². The van der Waals surface area contributed by atoms with Crippen LogP contribution in [0.25, 0.3) is 5.57 Å². The molecule has 0 aromatic carbocycles. The topological polar surface area (TPSA) is 25.8 Å². The van der Waals surface area contributed by atoms with Crippen LogP contribution >= 0.6 is 0 Å². The summed E-state index contributed by atoms with van der Waals surface area (Å²) >= 11 is 0. The van der Waals surface area contributed by atoms with E-state index in [1.807, 2.05) is 0 Å². The zero-order valence-electron chi connectivity index (χ0n) is 6.89. The molecule has 0 spiro atoms. The molecule has 0 aliphatic carbocycles. The Balaban J connectivity index is 3.28. The van der Waals surface area contributed by atoms with Gasteiger partial charge >= 0.3 is 6.18 Å². The maximum absolute atomic E-state index is 12.3.